The fourth-order valence-corrected chi connectivity index (χ4v) is 2.64. The van der Waals surface area contributed by atoms with Crippen molar-refractivity contribution in [2.75, 3.05) is 0 Å². The zero-order valence-corrected chi connectivity index (χ0v) is 10.0. The molecule has 0 bridgehead atoms. The van der Waals surface area contributed by atoms with Crippen LogP contribution in [0.3, 0.4) is 0 Å². The van der Waals surface area contributed by atoms with Crippen molar-refractivity contribution < 1.29 is 19.5 Å². The zero-order chi connectivity index (χ0) is 11.3. The average Bonchev–Trinajstić information content (AvgIpc) is 2.43. The van der Waals surface area contributed by atoms with Gasteiger partial charge in [-0.25, -0.2) is 0 Å². The summed E-state index contributed by atoms with van der Waals surface area (Å²) in [6, 6.07) is 4.85. The Kier molecular flexibility index (Phi) is 3.39. The van der Waals surface area contributed by atoms with Crippen molar-refractivity contribution in [3.05, 3.63) is 29.3 Å². The molecule has 1 aliphatic carbocycles. The van der Waals surface area contributed by atoms with Gasteiger partial charge in [-0.05, 0) is 17.2 Å². The maximum absolute atomic E-state index is 11.2. The molecule has 1 aliphatic rings. The van der Waals surface area contributed by atoms with E-state index in [2.05, 4.69) is 0 Å². The molecule has 90 valence electrons. The minimum absolute atomic E-state index is 0. The van der Waals surface area contributed by atoms with Crippen molar-refractivity contribution in [2.45, 2.75) is 18.1 Å². The van der Waals surface area contributed by atoms with E-state index in [1.165, 1.54) is 6.07 Å². The standard InChI is InChI=1S/C9H12NO4P.ClH/c10-9(15(12,13)14)4-6-2-1-3-8(11)7(6)5-9;/h1-3,11H,4-5,10H2,(H2,12,13,14);1H. The molecule has 0 saturated carbocycles. The van der Waals surface area contributed by atoms with Gasteiger partial charge in [0.1, 0.15) is 11.0 Å². The molecule has 0 saturated heterocycles. The van der Waals surface area contributed by atoms with Crippen LogP contribution in [0.15, 0.2) is 18.2 Å². The molecule has 0 heterocycles. The summed E-state index contributed by atoms with van der Waals surface area (Å²) in [5, 5.41) is 7.96. The number of fused-ring (bicyclic) bond motifs is 1. The van der Waals surface area contributed by atoms with Crippen molar-refractivity contribution in [2.24, 2.45) is 5.73 Å². The number of hydrogen-bond donors (Lipinski definition) is 4. The lowest BCUT2D eigenvalue weighted by atomic mass is 10.1. The van der Waals surface area contributed by atoms with E-state index >= 15 is 0 Å². The Morgan fingerprint density at radius 3 is 2.44 bits per heavy atom. The third-order valence-corrected chi connectivity index (χ3v) is 4.28. The number of phenols is 1. The van der Waals surface area contributed by atoms with Crippen LogP contribution in [0.1, 0.15) is 11.1 Å². The van der Waals surface area contributed by atoms with Gasteiger partial charge in [-0.1, -0.05) is 12.1 Å². The predicted octanol–water partition coefficient (Wildman–Crippen LogP) is 0.745. The monoisotopic (exact) mass is 265 g/mol. The van der Waals surface area contributed by atoms with E-state index in [1.807, 2.05) is 0 Å². The lowest BCUT2D eigenvalue weighted by molar-refractivity contribution is 0.326. The van der Waals surface area contributed by atoms with Gasteiger partial charge in [-0.15, -0.1) is 12.4 Å². The van der Waals surface area contributed by atoms with Gasteiger partial charge in [0.25, 0.3) is 0 Å². The van der Waals surface area contributed by atoms with Gasteiger partial charge in [0.15, 0.2) is 0 Å². The summed E-state index contributed by atoms with van der Waals surface area (Å²) < 4.78 is 11.2. The van der Waals surface area contributed by atoms with Gasteiger partial charge in [0.05, 0.1) is 0 Å². The zero-order valence-electron chi connectivity index (χ0n) is 8.33. The first-order chi connectivity index (χ1) is 6.83. The second kappa shape index (κ2) is 4.02. The molecule has 0 radical (unpaired) electrons. The molecule has 5 nitrogen and oxygen atoms in total. The third-order valence-electron chi connectivity index (χ3n) is 2.81. The molecule has 0 fully saturated rings. The molecule has 5 N–H and O–H groups in total. The second-order valence-electron chi connectivity index (χ2n) is 3.92. The van der Waals surface area contributed by atoms with E-state index in [0.29, 0.717) is 11.1 Å². The Morgan fingerprint density at radius 2 is 1.94 bits per heavy atom. The van der Waals surface area contributed by atoms with Crippen LogP contribution in [0.5, 0.6) is 5.75 Å². The summed E-state index contributed by atoms with van der Waals surface area (Å²) in [4.78, 5) is 18.3. The van der Waals surface area contributed by atoms with Gasteiger partial charge < -0.3 is 20.6 Å². The van der Waals surface area contributed by atoms with Crippen LogP contribution in [-0.2, 0) is 17.4 Å². The number of halogens is 1. The van der Waals surface area contributed by atoms with E-state index in [0.717, 1.165) is 0 Å². The lowest BCUT2D eigenvalue weighted by Crippen LogP contribution is -2.40. The fourth-order valence-electron chi connectivity index (χ4n) is 1.90. The maximum Gasteiger partial charge on any atom is 0.345 e. The SMILES string of the molecule is Cl.NC1(P(=O)(O)O)Cc2cccc(O)c2C1. The molecule has 0 aromatic heterocycles. The highest BCUT2D eigenvalue weighted by Gasteiger charge is 2.48. The first-order valence-electron chi connectivity index (χ1n) is 4.48. The number of hydrogen-bond acceptors (Lipinski definition) is 3. The minimum Gasteiger partial charge on any atom is -0.508 e. The molecular formula is C9H13ClNO4P. The van der Waals surface area contributed by atoms with Crippen molar-refractivity contribution in [1.29, 1.82) is 0 Å². The van der Waals surface area contributed by atoms with Crippen molar-refractivity contribution in [3.63, 3.8) is 0 Å². The van der Waals surface area contributed by atoms with Crippen LogP contribution in [-0.4, -0.2) is 20.2 Å². The first-order valence-corrected chi connectivity index (χ1v) is 6.09. The Labute approximate surface area is 98.9 Å². The van der Waals surface area contributed by atoms with E-state index in [1.54, 1.807) is 12.1 Å². The molecule has 1 unspecified atom stereocenters. The Bertz CT molecular complexity index is 461. The van der Waals surface area contributed by atoms with Gasteiger partial charge >= 0.3 is 7.60 Å². The van der Waals surface area contributed by atoms with Gasteiger partial charge in [0.2, 0.25) is 0 Å². The minimum atomic E-state index is -4.36. The second-order valence-corrected chi connectivity index (χ2v) is 5.89. The summed E-state index contributed by atoms with van der Waals surface area (Å²) >= 11 is 0. The van der Waals surface area contributed by atoms with E-state index < -0.39 is 12.9 Å². The molecule has 1 aromatic carbocycles. The summed E-state index contributed by atoms with van der Waals surface area (Å²) in [5.41, 5.74) is 6.93. The van der Waals surface area contributed by atoms with Crippen molar-refractivity contribution in [1.82, 2.24) is 0 Å². The summed E-state index contributed by atoms with van der Waals surface area (Å²) in [7, 11) is -4.36. The molecule has 0 aliphatic heterocycles. The number of aromatic hydroxyl groups is 1. The van der Waals surface area contributed by atoms with Crippen LogP contribution in [0, 0.1) is 0 Å². The highest BCUT2D eigenvalue weighted by atomic mass is 35.5. The average molecular weight is 266 g/mol. The molecule has 1 atom stereocenters. The Balaban J connectivity index is 0.00000128. The van der Waals surface area contributed by atoms with Crippen molar-refractivity contribution >= 4 is 20.0 Å². The summed E-state index contributed by atoms with van der Waals surface area (Å²) in [6.45, 7) is 0. The Morgan fingerprint density at radius 1 is 1.31 bits per heavy atom. The van der Waals surface area contributed by atoms with Gasteiger partial charge in [-0.2, -0.15) is 0 Å². The quantitative estimate of drug-likeness (QED) is 0.561. The fraction of sp³-hybridized carbons (Fsp3) is 0.333. The molecule has 1 aromatic rings. The number of phenolic OH excluding ortho intramolecular Hbond substituents is 1. The molecule has 16 heavy (non-hydrogen) atoms. The van der Waals surface area contributed by atoms with E-state index in [-0.39, 0.29) is 31.0 Å². The molecule has 7 heteroatoms. The van der Waals surface area contributed by atoms with Crippen LogP contribution in [0.4, 0.5) is 0 Å². The number of rotatable bonds is 1. The van der Waals surface area contributed by atoms with Crippen LogP contribution in [0.25, 0.3) is 0 Å². The number of nitrogens with two attached hydrogens (primary N) is 1. The smallest absolute Gasteiger partial charge is 0.345 e. The largest absolute Gasteiger partial charge is 0.508 e. The van der Waals surface area contributed by atoms with Crippen LogP contribution >= 0.6 is 20.0 Å². The summed E-state index contributed by atoms with van der Waals surface area (Å²) in [5.74, 6) is 0.0493. The molecule has 2 rings (SSSR count). The first kappa shape index (κ1) is 13.5. The van der Waals surface area contributed by atoms with Gasteiger partial charge in [0, 0.05) is 12.8 Å². The third kappa shape index (κ3) is 1.97. The van der Waals surface area contributed by atoms with Crippen LogP contribution in [0.2, 0.25) is 0 Å². The lowest BCUT2D eigenvalue weighted by Gasteiger charge is -2.24. The molecular weight excluding hydrogens is 253 g/mol. The number of benzene rings is 1. The Hall–Kier alpha value is -0.580. The molecule has 0 spiro atoms. The topological polar surface area (TPSA) is 104 Å². The van der Waals surface area contributed by atoms with Crippen molar-refractivity contribution in [3.8, 4) is 5.75 Å². The summed E-state index contributed by atoms with van der Waals surface area (Å²) in [6.07, 6.45) is 0.111. The van der Waals surface area contributed by atoms with E-state index in [9.17, 15) is 9.67 Å². The van der Waals surface area contributed by atoms with Gasteiger partial charge in [-0.3, -0.25) is 4.57 Å². The van der Waals surface area contributed by atoms with E-state index in [4.69, 9.17) is 15.5 Å². The predicted molar refractivity (Wildman–Crippen MR) is 61.7 cm³/mol. The van der Waals surface area contributed by atoms with Crippen LogP contribution < -0.4 is 5.73 Å². The highest BCUT2D eigenvalue weighted by Crippen LogP contribution is 2.54. The molecule has 0 amide bonds. The normalized spacial score (nSPS) is 23.7. The highest BCUT2D eigenvalue weighted by molar-refractivity contribution is 7.53. The maximum atomic E-state index is 11.2.